The molecule has 2 rings (SSSR count). The van der Waals surface area contributed by atoms with Crippen LogP contribution in [0.15, 0.2) is 12.1 Å². The quantitative estimate of drug-likeness (QED) is 0.800. The number of nitrogens with zero attached hydrogens (tertiary/aromatic N) is 2. The van der Waals surface area contributed by atoms with Crippen molar-refractivity contribution in [1.29, 1.82) is 0 Å². The maximum Gasteiger partial charge on any atom is 0.340 e. The molecule has 0 aliphatic carbocycles. The number of hydrogen-bond acceptors (Lipinski definition) is 4. The zero-order valence-electron chi connectivity index (χ0n) is 12.2. The van der Waals surface area contributed by atoms with Crippen LogP contribution in [0.25, 0.3) is 0 Å². The first-order chi connectivity index (χ1) is 9.67. The van der Waals surface area contributed by atoms with Gasteiger partial charge in [-0.15, -0.1) is 0 Å². The third-order valence-corrected chi connectivity index (χ3v) is 3.88. The van der Waals surface area contributed by atoms with Gasteiger partial charge in [0.2, 0.25) is 5.91 Å². The molecule has 6 nitrogen and oxygen atoms in total. The first-order valence-electron chi connectivity index (χ1n) is 6.52. The van der Waals surface area contributed by atoms with E-state index in [4.69, 9.17) is 5.73 Å². The minimum atomic E-state index is -1.32. The summed E-state index contributed by atoms with van der Waals surface area (Å²) < 4.78 is 13.5. The molecule has 7 heteroatoms. The Balaban J connectivity index is 2.59. The molecule has 0 unspecified atom stereocenters. The number of halogens is 1. The summed E-state index contributed by atoms with van der Waals surface area (Å²) in [7, 11) is 1.69. The molecule has 0 aromatic heterocycles. The third-order valence-electron chi connectivity index (χ3n) is 3.88. The van der Waals surface area contributed by atoms with Gasteiger partial charge in [-0.3, -0.25) is 4.79 Å². The molecule has 1 aromatic rings. The van der Waals surface area contributed by atoms with Crippen molar-refractivity contribution in [2.45, 2.75) is 19.4 Å². The molecule has 0 saturated carbocycles. The van der Waals surface area contributed by atoms with Crippen molar-refractivity contribution >= 4 is 23.3 Å². The molecule has 1 heterocycles. The second-order valence-corrected chi connectivity index (χ2v) is 5.60. The summed E-state index contributed by atoms with van der Waals surface area (Å²) in [5, 5.41) is 9.32. The molecule has 3 N–H and O–H groups in total. The second kappa shape index (κ2) is 4.91. The van der Waals surface area contributed by atoms with Gasteiger partial charge in [0.15, 0.2) is 0 Å². The fourth-order valence-electron chi connectivity index (χ4n) is 2.67. The number of carboxylic acid groups (broad SMARTS) is 1. The lowest BCUT2D eigenvalue weighted by Gasteiger charge is -2.46. The standard InChI is InChI=1S/C14H18FN3O3/c1-14(2)13(21)17(3)6-7-18(14)9-5-4-8(15)11(16)10(9)12(19)20/h4-5H,6-7,16H2,1-3H3,(H,19,20). The highest BCUT2D eigenvalue weighted by atomic mass is 19.1. The van der Waals surface area contributed by atoms with E-state index in [0.29, 0.717) is 13.1 Å². The van der Waals surface area contributed by atoms with E-state index in [2.05, 4.69) is 0 Å². The summed E-state index contributed by atoms with van der Waals surface area (Å²) in [4.78, 5) is 27.0. The van der Waals surface area contributed by atoms with Crippen LogP contribution < -0.4 is 10.6 Å². The number of amides is 1. The Morgan fingerprint density at radius 1 is 1.38 bits per heavy atom. The number of rotatable bonds is 2. The van der Waals surface area contributed by atoms with Crippen molar-refractivity contribution in [1.82, 2.24) is 4.90 Å². The van der Waals surface area contributed by atoms with Crippen LogP contribution in [-0.4, -0.2) is 47.6 Å². The molecule has 114 valence electrons. The van der Waals surface area contributed by atoms with Gasteiger partial charge in [0.25, 0.3) is 0 Å². The summed E-state index contributed by atoms with van der Waals surface area (Å²) in [5.41, 5.74) is 4.17. The number of carbonyl (C=O) groups is 2. The molecule has 0 bridgehead atoms. The Kier molecular flexibility index (Phi) is 3.52. The number of anilines is 2. The minimum absolute atomic E-state index is 0.131. The molecule has 1 saturated heterocycles. The van der Waals surface area contributed by atoms with Crippen molar-refractivity contribution in [3.8, 4) is 0 Å². The molecule has 1 fully saturated rings. The first kappa shape index (κ1) is 15.1. The van der Waals surface area contributed by atoms with Gasteiger partial charge >= 0.3 is 5.97 Å². The smallest absolute Gasteiger partial charge is 0.340 e. The number of piperazine rings is 1. The predicted molar refractivity (Wildman–Crippen MR) is 76.8 cm³/mol. The van der Waals surface area contributed by atoms with Crippen molar-refractivity contribution < 1.29 is 19.1 Å². The Bertz CT molecular complexity index is 616. The molecule has 1 aliphatic heterocycles. The normalized spacial score (nSPS) is 18.0. The number of aromatic carboxylic acids is 1. The summed E-state index contributed by atoms with van der Waals surface area (Å²) in [6.07, 6.45) is 0. The Morgan fingerprint density at radius 3 is 2.57 bits per heavy atom. The average molecular weight is 295 g/mol. The highest BCUT2D eigenvalue weighted by Crippen LogP contribution is 2.34. The molecular formula is C14H18FN3O3. The Morgan fingerprint density at radius 2 is 2.00 bits per heavy atom. The van der Waals surface area contributed by atoms with Gasteiger partial charge in [0.1, 0.15) is 16.9 Å². The van der Waals surface area contributed by atoms with Crippen LogP contribution in [-0.2, 0) is 4.79 Å². The third kappa shape index (κ3) is 2.28. The molecule has 1 aliphatic rings. The molecule has 0 atom stereocenters. The number of nitrogen functional groups attached to an aromatic ring is 1. The number of carboxylic acids is 1. The number of likely N-dealkylation sites (N-methyl/N-ethyl adjacent to an activating group) is 1. The van der Waals surface area contributed by atoms with Crippen molar-refractivity contribution in [3.05, 3.63) is 23.5 Å². The summed E-state index contributed by atoms with van der Waals surface area (Å²) in [6, 6.07) is 2.48. The maximum atomic E-state index is 13.5. The molecular weight excluding hydrogens is 277 g/mol. The molecule has 1 amide bonds. The Hall–Kier alpha value is -2.31. The van der Waals surface area contributed by atoms with Gasteiger partial charge in [-0.1, -0.05) is 0 Å². The van der Waals surface area contributed by atoms with Crippen LogP contribution in [0.3, 0.4) is 0 Å². The lowest BCUT2D eigenvalue weighted by molar-refractivity contribution is -0.136. The van der Waals surface area contributed by atoms with Crippen LogP contribution >= 0.6 is 0 Å². The van der Waals surface area contributed by atoms with Crippen molar-refractivity contribution in [2.75, 3.05) is 30.8 Å². The van der Waals surface area contributed by atoms with E-state index >= 15 is 0 Å². The fourth-order valence-corrected chi connectivity index (χ4v) is 2.67. The van der Waals surface area contributed by atoms with E-state index in [-0.39, 0.29) is 17.2 Å². The zero-order chi connectivity index (χ0) is 15.9. The van der Waals surface area contributed by atoms with E-state index in [9.17, 15) is 19.1 Å². The lowest BCUT2D eigenvalue weighted by Crippen LogP contribution is -2.62. The maximum absolute atomic E-state index is 13.5. The largest absolute Gasteiger partial charge is 0.478 e. The summed E-state index contributed by atoms with van der Waals surface area (Å²) in [5.74, 6) is -2.23. The van der Waals surface area contributed by atoms with Gasteiger partial charge < -0.3 is 20.6 Å². The molecule has 0 radical (unpaired) electrons. The van der Waals surface area contributed by atoms with Crippen LogP contribution in [0.5, 0.6) is 0 Å². The van der Waals surface area contributed by atoms with Crippen molar-refractivity contribution in [2.24, 2.45) is 0 Å². The summed E-state index contributed by atoms with van der Waals surface area (Å²) in [6.45, 7) is 4.31. The predicted octanol–water partition coefficient (Wildman–Crippen LogP) is 1.16. The summed E-state index contributed by atoms with van der Waals surface area (Å²) >= 11 is 0. The molecule has 1 aromatic carbocycles. The Labute approximate surface area is 121 Å². The lowest BCUT2D eigenvalue weighted by atomic mass is 9.95. The van der Waals surface area contributed by atoms with E-state index < -0.39 is 23.0 Å². The number of benzene rings is 1. The van der Waals surface area contributed by atoms with Gasteiger partial charge in [-0.25, -0.2) is 9.18 Å². The van der Waals surface area contributed by atoms with E-state index in [1.54, 1.807) is 30.7 Å². The van der Waals surface area contributed by atoms with Gasteiger partial charge in [0.05, 0.1) is 11.4 Å². The van der Waals surface area contributed by atoms with E-state index in [0.717, 1.165) is 6.07 Å². The highest BCUT2D eigenvalue weighted by molar-refractivity contribution is 6.02. The number of hydrogen-bond donors (Lipinski definition) is 2. The second-order valence-electron chi connectivity index (χ2n) is 5.60. The fraction of sp³-hybridized carbons (Fsp3) is 0.429. The van der Waals surface area contributed by atoms with Crippen LogP contribution in [0, 0.1) is 5.82 Å². The van der Waals surface area contributed by atoms with Gasteiger partial charge in [-0.05, 0) is 26.0 Å². The number of nitrogens with two attached hydrogens (primary N) is 1. The monoisotopic (exact) mass is 295 g/mol. The first-order valence-corrected chi connectivity index (χ1v) is 6.52. The van der Waals surface area contributed by atoms with Gasteiger partial charge in [0, 0.05) is 20.1 Å². The van der Waals surface area contributed by atoms with Gasteiger partial charge in [-0.2, -0.15) is 0 Å². The molecule has 21 heavy (non-hydrogen) atoms. The van der Waals surface area contributed by atoms with E-state index in [1.165, 1.54) is 6.07 Å². The van der Waals surface area contributed by atoms with Crippen molar-refractivity contribution in [3.63, 3.8) is 0 Å². The zero-order valence-corrected chi connectivity index (χ0v) is 12.2. The number of carbonyl (C=O) groups excluding carboxylic acids is 1. The molecule has 0 spiro atoms. The van der Waals surface area contributed by atoms with Crippen LogP contribution in [0.1, 0.15) is 24.2 Å². The van der Waals surface area contributed by atoms with E-state index in [1.807, 2.05) is 0 Å². The SMILES string of the molecule is CN1CCN(c2ccc(F)c(N)c2C(=O)O)C(C)(C)C1=O. The highest BCUT2D eigenvalue weighted by Gasteiger charge is 2.42. The van der Waals surface area contributed by atoms with Crippen LogP contribution in [0.2, 0.25) is 0 Å². The average Bonchev–Trinajstić information content (AvgIpc) is 2.39. The van der Waals surface area contributed by atoms with Crippen LogP contribution in [0.4, 0.5) is 15.8 Å². The topological polar surface area (TPSA) is 86.9 Å². The minimum Gasteiger partial charge on any atom is -0.478 e.